The van der Waals surface area contributed by atoms with Crippen LogP contribution in [0, 0.1) is 0 Å². The summed E-state index contributed by atoms with van der Waals surface area (Å²) in [6.07, 6.45) is 5.25. The fourth-order valence-corrected chi connectivity index (χ4v) is 4.55. The fraction of sp³-hybridized carbons (Fsp3) is 0.375. The third kappa shape index (κ3) is 5.98. The van der Waals surface area contributed by atoms with Crippen LogP contribution in [0.4, 0.5) is 11.4 Å². The lowest BCUT2D eigenvalue weighted by Crippen LogP contribution is -2.23. The van der Waals surface area contributed by atoms with Crippen molar-refractivity contribution in [3.8, 4) is 5.69 Å². The first-order valence-corrected chi connectivity index (χ1v) is 12.3. The highest BCUT2D eigenvalue weighted by Gasteiger charge is 2.21. The maximum atomic E-state index is 12.4. The Balaban J connectivity index is 1.26. The molecule has 0 saturated carbocycles. The largest absolute Gasteiger partial charge is 0.326 e. The Morgan fingerprint density at radius 2 is 1.85 bits per heavy atom. The van der Waals surface area contributed by atoms with Gasteiger partial charge in [-0.3, -0.25) is 9.59 Å². The molecule has 8 nitrogen and oxygen atoms in total. The standard InChI is InChI=1S/C24H28N6O2S/c1-2-3-5-18-7-11-21(12-8-18)30-24(26-27-28-30)33-17-15-22(31)25-19-9-13-20(14-10-19)29-16-4-6-23(29)32/h7-14H,2-6,15-17H2,1H3,(H,25,31). The molecule has 1 fully saturated rings. The molecule has 1 aromatic heterocycles. The van der Waals surface area contributed by atoms with Gasteiger partial charge in [0.15, 0.2) is 0 Å². The van der Waals surface area contributed by atoms with Crippen molar-refractivity contribution in [1.29, 1.82) is 0 Å². The molecule has 2 amide bonds. The van der Waals surface area contributed by atoms with Crippen LogP contribution in [0.15, 0.2) is 53.7 Å². The molecule has 0 spiro atoms. The summed E-state index contributed by atoms with van der Waals surface area (Å²) in [6.45, 7) is 2.94. The van der Waals surface area contributed by atoms with Crippen LogP contribution < -0.4 is 10.2 Å². The summed E-state index contributed by atoms with van der Waals surface area (Å²) < 4.78 is 1.70. The molecule has 1 aliphatic rings. The van der Waals surface area contributed by atoms with E-state index >= 15 is 0 Å². The first kappa shape index (κ1) is 23.0. The van der Waals surface area contributed by atoms with Crippen LogP contribution in [-0.4, -0.2) is 44.3 Å². The van der Waals surface area contributed by atoms with E-state index in [1.807, 2.05) is 36.4 Å². The van der Waals surface area contributed by atoms with Crippen molar-refractivity contribution in [2.45, 2.75) is 50.6 Å². The average molecular weight is 465 g/mol. The highest BCUT2D eigenvalue weighted by Crippen LogP contribution is 2.24. The highest BCUT2D eigenvalue weighted by atomic mass is 32.2. The van der Waals surface area contributed by atoms with Gasteiger partial charge in [-0.2, -0.15) is 4.68 Å². The molecule has 4 rings (SSSR count). The zero-order chi connectivity index (χ0) is 23.0. The van der Waals surface area contributed by atoms with E-state index in [9.17, 15) is 9.59 Å². The van der Waals surface area contributed by atoms with Gasteiger partial charge >= 0.3 is 0 Å². The Hall–Kier alpha value is -3.20. The summed E-state index contributed by atoms with van der Waals surface area (Å²) in [7, 11) is 0. The Kier molecular flexibility index (Phi) is 7.72. The second-order valence-corrected chi connectivity index (χ2v) is 9.05. The summed E-state index contributed by atoms with van der Waals surface area (Å²) in [5.74, 6) is 0.631. The average Bonchev–Trinajstić information content (AvgIpc) is 3.47. The lowest BCUT2D eigenvalue weighted by molar-refractivity contribution is -0.117. The first-order valence-electron chi connectivity index (χ1n) is 11.3. The van der Waals surface area contributed by atoms with Gasteiger partial charge in [-0.25, -0.2) is 0 Å². The van der Waals surface area contributed by atoms with Crippen LogP contribution in [0.1, 0.15) is 44.6 Å². The maximum Gasteiger partial charge on any atom is 0.227 e. The van der Waals surface area contributed by atoms with E-state index in [2.05, 4.69) is 39.9 Å². The predicted molar refractivity (Wildman–Crippen MR) is 130 cm³/mol. The Bertz CT molecular complexity index is 1080. The van der Waals surface area contributed by atoms with Crippen molar-refractivity contribution in [2.24, 2.45) is 0 Å². The van der Waals surface area contributed by atoms with Gasteiger partial charge in [-0.15, -0.1) is 5.10 Å². The van der Waals surface area contributed by atoms with E-state index in [4.69, 9.17) is 0 Å². The summed E-state index contributed by atoms with van der Waals surface area (Å²) in [4.78, 5) is 26.0. The lowest BCUT2D eigenvalue weighted by Gasteiger charge is -2.16. The number of nitrogens with zero attached hydrogens (tertiary/aromatic N) is 5. The SMILES string of the molecule is CCCCc1ccc(-n2nnnc2SCCC(=O)Nc2ccc(N3CCCC3=O)cc2)cc1. The Morgan fingerprint density at radius 1 is 1.09 bits per heavy atom. The second kappa shape index (κ2) is 11.1. The van der Waals surface area contributed by atoms with E-state index in [-0.39, 0.29) is 11.8 Å². The van der Waals surface area contributed by atoms with Crippen molar-refractivity contribution >= 4 is 35.0 Å². The number of carbonyl (C=O) groups excluding carboxylic acids is 2. The Labute approximate surface area is 197 Å². The maximum absolute atomic E-state index is 12.4. The number of rotatable bonds is 10. The molecule has 2 heterocycles. The van der Waals surface area contributed by atoms with E-state index in [1.54, 1.807) is 9.58 Å². The van der Waals surface area contributed by atoms with Crippen LogP contribution in [0.5, 0.6) is 0 Å². The molecule has 1 aliphatic heterocycles. The van der Waals surface area contributed by atoms with Gasteiger partial charge < -0.3 is 10.2 Å². The molecule has 0 bridgehead atoms. The molecular formula is C24H28N6O2S. The van der Waals surface area contributed by atoms with Crippen LogP contribution in [0.25, 0.3) is 5.69 Å². The van der Waals surface area contributed by atoms with Gasteiger partial charge in [0.1, 0.15) is 0 Å². The molecule has 2 aromatic carbocycles. The molecule has 0 radical (unpaired) electrons. The number of aryl methyl sites for hydroxylation is 1. The van der Waals surface area contributed by atoms with Gasteiger partial charge in [0.05, 0.1) is 5.69 Å². The molecule has 1 N–H and O–H groups in total. The summed E-state index contributed by atoms with van der Waals surface area (Å²) in [6, 6.07) is 15.7. The second-order valence-electron chi connectivity index (χ2n) is 7.99. The van der Waals surface area contributed by atoms with Crippen LogP contribution >= 0.6 is 11.8 Å². The minimum Gasteiger partial charge on any atom is -0.326 e. The number of tetrazole rings is 1. The third-order valence-electron chi connectivity index (χ3n) is 5.54. The minimum atomic E-state index is -0.0770. The smallest absolute Gasteiger partial charge is 0.227 e. The topological polar surface area (TPSA) is 93.0 Å². The van der Waals surface area contributed by atoms with Crippen molar-refractivity contribution in [2.75, 3.05) is 22.5 Å². The first-order chi connectivity index (χ1) is 16.1. The van der Waals surface area contributed by atoms with Gasteiger partial charge in [-0.1, -0.05) is 37.2 Å². The molecule has 172 valence electrons. The monoisotopic (exact) mass is 464 g/mol. The van der Waals surface area contributed by atoms with Gasteiger partial charge in [0, 0.05) is 36.5 Å². The lowest BCUT2D eigenvalue weighted by atomic mass is 10.1. The number of anilines is 2. The zero-order valence-electron chi connectivity index (χ0n) is 18.7. The van der Waals surface area contributed by atoms with Gasteiger partial charge in [0.2, 0.25) is 17.0 Å². The van der Waals surface area contributed by atoms with Gasteiger partial charge in [0.25, 0.3) is 0 Å². The molecule has 0 unspecified atom stereocenters. The fourth-order valence-electron chi connectivity index (χ4n) is 3.72. The summed E-state index contributed by atoms with van der Waals surface area (Å²) in [5, 5.41) is 15.6. The number of thioether (sulfide) groups is 1. The Morgan fingerprint density at radius 3 is 2.55 bits per heavy atom. The zero-order valence-corrected chi connectivity index (χ0v) is 19.6. The van der Waals surface area contributed by atoms with Crippen molar-refractivity contribution in [3.63, 3.8) is 0 Å². The molecule has 9 heteroatoms. The number of hydrogen-bond donors (Lipinski definition) is 1. The van der Waals surface area contributed by atoms with E-state index in [1.165, 1.54) is 30.2 Å². The molecule has 1 saturated heterocycles. The van der Waals surface area contributed by atoms with Crippen molar-refractivity contribution < 1.29 is 9.59 Å². The summed E-state index contributed by atoms with van der Waals surface area (Å²) >= 11 is 1.45. The van der Waals surface area contributed by atoms with Crippen molar-refractivity contribution in [1.82, 2.24) is 20.2 Å². The van der Waals surface area contributed by atoms with Gasteiger partial charge in [-0.05, 0) is 71.7 Å². The van der Waals surface area contributed by atoms with E-state index in [0.717, 1.165) is 30.8 Å². The number of carbonyl (C=O) groups is 2. The number of benzene rings is 2. The van der Waals surface area contributed by atoms with E-state index in [0.29, 0.717) is 29.4 Å². The number of aromatic nitrogens is 4. The number of amides is 2. The number of unbranched alkanes of at least 4 members (excludes halogenated alkanes) is 1. The number of hydrogen-bond acceptors (Lipinski definition) is 6. The van der Waals surface area contributed by atoms with Crippen molar-refractivity contribution in [3.05, 3.63) is 54.1 Å². The quantitative estimate of drug-likeness (QED) is 0.451. The third-order valence-corrected chi connectivity index (χ3v) is 6.46. The predicted octanol–water partition coefficient (Wildman–Crippen LogP) is 4.25. The normalized spacial score (nSPS) is 13.5. The molecule has 33 heavy (non-hydrogen) atoms. The summed E-state index contributed by atoms with van der Waals surface area (Å²) in [5.41, 5.74) is 3.80. The van der Waals surface area contributed by atoms with Crippen LogP contribution in [-0.2, 0) is 16.0 Å². The minimum absolute atomic E-state index is 0.0770. The number of nitrogens with one attached hydrogen (secondary N) is 1. The van der Waals surface area contributed by atoms with Crippen LogP contribution in [0.3, 0.4) is 0 Å². The molecule has 3 aromatic rings. The molecular weight excluding hydrogens is 436 g/mol. The highest BCUT2D eigenvalue weighted by molar-refractivity contribution is 7.99. The van der Waals surface area contributed by atoms with E-state index < -0.39 is 0 Å². The molecule has 0 aliphatic carbocycles. The van der Waals surface area contributed by atoms with Crippen LogP contribution in [0.2, 0.25) is 0 Å². The molecule has 0 atom stereocenters.